The first-order valence-corrected chi connectivity index (χ1v) is 4.66. The predicted octanol–water partition coefficient (Wildman–Crippen LogP) is 2.18. The number of hydrogen-bond acceptors (Lipinski definition) is 3. The fourth-order valence-electron chi connectivity index (χ4n) is 1.02. The third kappa shape index (κ3) is 1.82. The predicted molar refractivity (Wildman–Crippen MR) is 52.9 cm³/mol. The summed E-state index contributed by atoms with van der Waals surface area (Å²) in [5, 5.41) is 18.9. The Balaban J connectivity index is 3.34. The molecule has 0 aliphatic heterocycles. The average Bonchev–Trinajstić information content (AvgIpc) is 2.48. The van der Waals surface area contributed by atoms with Crippen molar-refractivity contribution in [1.29, 1.82) is 0 Å². The van der Waals surface area contributed by atoms with Crippen molar-refractivity contribution in [2.45, 2.75) is 6.92 Å². The summed E-state index contributed by atoms with van der Waals surface area (Å²) in [7, 11) is 0. The lowest BCUT2D eigenvalue weighted by Crippen LogP contribution is -2.05. The van der Waals surface area contributed by atoms with E-state index in [1.807, 2.05) is 0 Å². The number of carboxylic acids is 2. The Hall–Kier alpha value is -1.62. The van der Waals surface area contributed by atoms with E-state index < -0.39 is 11.9 Å². The Bertz CT molecular complexity index is 403. The smallest absolute Gasteiger partial charge is 0.338 e. The van der Waals surface area contributed by atoms with Crippen LogP contribution in [0.3, 0.4) is 0 Å². The quantitative estimate of drug-likeness (QED) is 0.805. The number of hydrogen-bond donors (Lipinski definition) is 2. The minimum atomic E-state index is -1.21. The first-order valence-electron chi connectivity index (χ1n) is 3.78. The molecule has 0 saturated heterocycles. The number of allylic oxidation sites excluding steroid dienone is 1. The third-order valence-electron chi connectivity index (χ3n) is 1.58. The number of thiophene rings is 1. The fourth-order valence-corrected chi connectivity index (χ4v) is 2.02. The van der Waals surface area contributed by atoms with E-state index in [1.54, 1.807) is 19.1 Å². The van der Waals surface area contributed by atoms with Crippen molar-refractivity contribution in [3.63, 3.8) is 0 Å². The maximum Gasteiger partial charge on any atom is 0.338 e. The van der Waals surface area contributed by atoms with Crippen molar-refractivity contribution in [3.05, 3.63) is 27.5 Å². The van der Waals surface area contributed by atoms with Gasteiger partial charge in [-0.1, -0.05) is 6.08 Å². The van der Waals surface area contributed by atoms with E-state index in [1.165, 1.54) is 5.38 Å². The first-order chi connectivity index (χ1) is 6.57. The zero-order valence-corrected chi connectivity index (χ0v) is 8.17. The summed E-state index contributed by atoms with van der Waals surface area (Å²) in [5.41, 5.74) is -0.295. The molecule has 0 amide bonds. The van der Waals surface area contributed by atoms with E-state index in [4.69, 9.17) is 10.2 Å². The molecule has 14 heavy (non-hydrogen) atoms. The summed E-state index contributed by atoms with van der Waals surface area (Å²) in [6.45, 7) is 1.74. The van der Waals surface area contributed by atoms with Gasteiger partial charge in [-0.15, -0.1) is 11.3 Å². The number of carbonyl (C=O) groups is 2. The van der Waals surface area contributed by atoms with Crippen molar-refractivity contribution in [1.82, 2.24) is 0 Å². The highest BCUT2D eigenvalue weighted by Crippen LogP contribution is 2.24. The largest absolute Gasteiger partial charge is 0.478 e. The summed E-state index contributed by atoms with van der Waals surface area (Å²) in [6.07, 6.45) is 3.25. The zero-order valence-electron chi connectivity index (χ0n) is 7.35. The maximum absolute atomic E-state index is 10.8. The van der Waals surface area contributed by atoms with Crippen LogP contribution in [0.25, 0.3) is 6.08 Å². The SMILES string of the molecule is CC=Cc1scc(C(=O)O)c1C(=O)O. The van der Waals surface area contributed by atoms with Crippen LogP contribution in [0.2, 0.25) is 0 Å². The lowest BCUT2D eigenvalue weighted by molar-refractivity contribution is 0.0652. The second-order valence-corrected chi connectivity index (χ2v) is 3.41. The molecular formula is C9H8O4S. The van der Waals surface area contributed by atoms with Crippen LogP contribution in [0.5, 0.6) is 0 Å². The highest BCUT2D eigenvalue weighted by atomic mass is 32.1. The highest BCUT2D eigenvalue weighted by Gasteiger charge is 2.20. The van der Waals surface area contributed by atoms with Crippen LogP contribution >= 0.6 is 11.3 Å². The van der Waals surface area contributed by atoms with Gasteiger partial charge < -0.3 is 10.2 Å². The van der Waals surface area contributed by atoms with Crippen molar-refractivity contribution >= 4 is 29.4 Å². The molecule has 1 aromatic rings. The monoisotopic (exact) mass is 212 g/mol. The minimum Gasteiger partial charge on any atom is -0.478 e. The van der Waals surface area contributed by atoms with Crippen LogP contribution in [0, 0.1) is 0 Å². The van der Waals surface area contributed by atoms with E-state index in [2.05, 4.69) is 0 Å². The molecule has 2 N–H and O–H groups in total. The van der Waals surface area contributed by atoms with Crippen molar-refractivity contribution in [3.8, 4) is 0 Å². The average molecular weight is 212 g/mol. The second kappa shape index (κ2) is 4.06. The topological polar surface area (TPSA) is 74.6 Å². The molecule has 0 spiro atoms. The van der Waals surface area contributed by atoms with Crippen molar-refractivity contribution in [2.75, 3.05) is 0 Å². The number of aromatic carboxylic acids is 2. The molecule has 1 aromatic heterocycles. The molecule has 4 nitrogen and oxygen atoms in total. The molecule has 0 saturated carbocycles. The van der Waals surface area contributed by atoms with E-state index >= 15 is 0 Å². The van der Waals surface area contributed by atoms with Gasteiger partial charge in [0.15, 0.2) is 0 Å². The van der Waals surface area contributed by atoms with Crippen LogP contribution in [0.15, 0.2) is 11.5 Å². The van der Waals surface area contributed by atoms with Gasteiger partial charge in [-0.3, -0.25) is 0 Å². The number of carboxylic acid groups (broad SMARTS) is 2. The molecule has 74 valence electrons. The van der Waals surface area contributed by atoms with Crippen LogP contribution in [0.1, 0.15) is 32.5 Å². The van der Waals surface area contributed by atoms with Gasteiger partial charge in [-0.05, 0) is 13.0 Å². The molecule has 1 rings (SSSR count). The third-order valence-corrected chi connectivity index (χ3v) is 2.53. The Morgan fingerprint density at radius 2 is 2.00 bits per heavy atom. The summed E-state index contributed by atoms with van der Waals surface area (Å²) in [6, 6.07) is 0. The molecule has 0 bridgehead atoms. The molecule has 0 aromatic carbocycles. The lowest BCUT2D eigenvalue weighted by atomic mass is 10.1. The van der Waals surface area contributed by atoms with E-state index in [9.17, 15) is 9.59 Å². The van der Waals surface area contributed by atoms with Gasteiger partial charge in [0.25, 0.3) is 0 Å². The van der Waals surface area contributed by atoms with Crippen LogP contribution in [-0.2, 0) is 0 Å². The van der Waals surface area contributed by atoms with E-state index in [-0.39, 0.29) is 11.1 Å². The normalized spacial score (nSPS) is 10.6. The fraction of sp³-hybridized carbons (Fsp3) is 0.111. The summed E-state index contributed by atoms with van der Waals surface area (Å²) in [4.78, 5) is 21.9. The number of rotatable bonds is 3. The molecule has 0 radical (unpaired) electrons. The Kier molecular flexibility index (Phi) is 3.03. The van der Waals surface area contributed by atoms with Crippen LogP contribution in [-0.4, -0.2) is 22.2 Å². The van der Waals surface area contributed by atoms with E-state index in [0.29, 0.717) is 4.88 Å². The van der Waals surface area contributed by atoms with Gasteiger partial charge in [0.1, 0.15) is 0 Å². The van der Waals surface area contributed by atoms with Crippen molar-refractivity contribution < 1.29 is 19.8 Å². The van der Waals surface area contributed by atoms with E-state index in [0.717, 1.165) is 11.3 Å². The summed E-state index contributed by atoms with van der Waals surface area (Å²) < 4.78 is 0. The second-order valence-electron chi connectivity index (χ2n) is 2.50. The van der Waals surface area contributed by atoms with Gasteiger partial charge in [0.2, 0.25) is 0 Å². The molecule has 0 aliphatic rings. The van der Waals surface area contributed by atoms with Gasteiger partial charge in [-0.2, -0.15) is 0 Å². The molecule has 5 heteroatoms. The lowest BCUT2D eigenvalue weighted by Gasteiger charge is -1.94. The maximum atomic E-state index is 10.8. The Labute approximate surface area is 84.1 Å². The molecule has 0 aliphatic carbocycles. The Morgan fingerprint density at radius 1 is 1.36 bits per heavy atom. The highest BCUT2D eigenvalue weighted by molar-refractivity contribution is 7.11. The molecular weight excluding hydrogens is 204 g/mol. The van der Waals surface area contributed by atoms with Gasteiger partial charge in [0, 0.05) is 10.3 Å². The van der Waals surface area contributed by atoms with Crippen molar-refractivity contribution in [2.24, 2.45) is 0 Å². The molecule has 0 atom stereocenters. The van der Waals surface area contributed by atoms with Gasteiger partial charge >= 0.3 is 11.9 Å². The zero-order chi connectivity index (χ0) is 10.7. The van der Waals surface area contributed by atoms with Crippen LogP contribution in [0.4, 0.5) is 0 Å². The van der Waals surface area contributed by atoms with Gasteiger partial charge in [0.05, 0.1) is 11.1 Å². The summed E-state index contributed by atoms with van der Waals surface area (Å²) >= 11 is 1.11. The van der Waals surface area contributed by atoms with Crippen LogP contribution < -0.4 is 0 Å². The first kappa shape index (κ1) is 10.5. The molecule has 1 heterocycles. The minimum absolute atomic E-state index is 0.138. The summed E-state index contributed by atoms with van der Waals surface area (Å²) in [5.74, 6) is -2.42. The standard InChI is InChI=1S/C9H8O4S/c1-2-3-6-7(9(12)13)5(4-14-6)8(10)11/h2-4H,1H3,(H,10,11)(H,12,13). The molecule has 0 unspecified atom stereocenters. The Morgan fingerprint density at radius 3 is 2.43 bits per heavy atom. The molecule has 0 fully saturated rings. The van der Waals surface area contributed by atoms with Gasteiger partial charge in [-0.25, -0.2) is 9.59 Å².